The Balaban J connectivity index is 1.38. The number of nitrogens with one attached hydrogen (secondary N) is 1. The van der Waals surface area contributed by atoms with Gasteiger partial charge in [0.05, 0.1) is 12.6 Å². The maximum atomic E-state index is 14.4. The Hall–Kier alpha value is -4.96. The van der Waals surface area contributed by atoms with E-state index in [-0.39, 0.29) is 36.6 Å². The topological polar surface area (TPSA) is 109 Å². The fourth-order valence-corrected chi connectivity index (χ4v) is 6.19. The van der Waals surface area contributed by atoms with Gasteiger partial charge in [0.1, 0.15) is 18.0 Å². The molecule has 2 fully saturated rings. The molecule has 0 spiro atoms. The predicted octanol–water partition coefficient (Wildman–Crippen LogP) is 3.51. The van der Waals surface area contributed by atoms with Crippen molar-refractivity contribution < 1.29 is 19.5 Å². The van der Waals surface area contributed by atoms with Crippen LogP contribution >= 0.6 is 0 Å². The molecule has 3 atom stereocenters. The number of benzene rings is 3. The molecule has 220 valence electrons. The average molecular weight is 579 g/mol. The Kier molecular flexibility index (Phi) is 7.69. The van der Waals surface area contributed by atoms with E-state index in [4.69, 9.17) is 0 Å². The van der Waals surface area contributed by atoms with Crippen LogP contribution in [0.5, 0.6) is 5.75 Å². The molecule has 1 aromatic heterocycles. The number of carbonyl (C=O) groups is 3. The van der Waals surface area contributed by atoms with Crippen LogP contribution in [-0.2, 0) is 29.1 Å². The van der Waals surface area contributed by atoms with E-state index in [9.17, 15) is 19.5 Å². The second kappa shape index (κ2) is 11.7. The highest BCUT2D eigenvalue weighted by Crippen LogP contribution is 2.33. The second-order valence-corrected chi connectivity index (χ2v) is 11.1. The molecule has 6 rings (SSSR count). The minimum atomic E-state index is -0.840. The molecule has 0 aliphatic carbocycles. The lowest BCUT2D eigenvalue weighted by atomic mass is 9.94. The first-order chi connectivity index (χ1) is 20.8. The van der Waals surface area contributed by atoms with Crippen LogP contribution in [0.2, 0.25) is 0 Å². The Morgan fingerprint density at radius 2 is 1.74 bits per heavy atom. The van der Waals surface area contributed by atoms with Crippen molar-refractivity contribution in [3.8, 4) is 5.75 Å². The molecule has 10 nitrogen and oxygen atoms in total. The molecule has 2 saturated heterocycles. The summed E-state index contributed by atoms with van der Waals surface area (Å²) in [5.41, 5.74) is 2.70. The van der Waals surface area contributed by atoms with Gasteiger partial charge in [0.25, 0.3) is 0 Å². The van der Waals surface area contributed by atoms with Crippen molar-refractivity contribution in [3.05, 3.63) is 108 Å². The third-order valence-electron chi connectivity index (χ3n) is 8.35. The highest BCUT2D eigenvalue weighted by molar-refractivity contribution is 5.92. The van der Waals surface area contributed by atoms with Crippen molar-refractivity contribution in [2.75, 3.05) is 13.6 Å². The summed E-state index contributed by atoms with van der Waals surface area (Å²) in [4.78, 5) is 49.5. The molecule has 43 heavy (non-hydrogen) atoms. The number of piperazine rings is 1. The number of nitrogens with zero attached hydrogens (tertiary/aromatic N) is 5. The lowest BCUT2D eigenvalue weighted by Gasteiger charge is -2.57. The van der Waals surface area contributed by atoms with E-state index >= 15 is 0 Å². The third-order valence-corrected chi connectivity index (χ3v) is 8.35. The summed E-state index contributed by atoms with van der Waals surface area (Å²) in [6.45, 7) is 2.47. The molecule has 3 heterocycles. The number of phenols is 1. The second-order valence-electron chi connectivity index (χ2n) is 11.1. The predicted molar refractivity (Wildman–Crippen MR) is 161 cm³/mol. The molecule has 4 aromatic rings. The fourth-order valence-electron chi connectivity index (χ4n) is 6.19. The van der Waals surface area contributed by atoms with Crippen molar-refractivity contribution >= 4 is 28.6 Å². The first-order valence-electron chi connectivity index (χ1n) is 14.3. The van der Waals surface area contributed by atoms with Gasteiger partial charge in [-0.05, 0) is 47.2 Å². The van der Waals surface area contributed by atoms with Gasteiger partial charge in [-0.3, -0.25) is 14.6 Å². The molecule has 2 aliphatic rings. The first kappa shape index (κ1) is 28.2. The third kappa shape index (κ3) is 5.49. The van der Waals surface area contributed by atoms with Crippen LogP contribution in [0, 0.1) is 0 Å². The standard InChI is InChI=1S/C33H34N6O4/c1-22-31-38(30(41)21-36(2)39(31)33(43)35-18-24-7-4-3-5-8-24)29(17-23-11-13-27(40)14-12-23)32(42)37(22)20-26-10-6-9-25-19-34-16-15-28(25)26/h3-16,19,22,29,31,40H,17-18,20-21H2,1-2H3,(H,35,43)/t22-,29-,31?/m0/s1. The number of rotatable bonds is 6. The van der Waals surface area contributed by atoms with Gasteiger partial charge in [0, 0.05) is 44.3 Å². The molecule has 4 amide bonds. The van der Waals surface area contributed by atoms with Crippen LogP contribution in [0.15, 0.2) is 91.3 Å². The lowest BCUT2D eigenvalue weighted by molar-refractivity contribution is -0.196. The number of aromatic nitrogens is 1. The number of phenolic OH excluding ortho intramolecular Hbond substituents is 1. The van der Waals surface area contributed by atoms with Crippen LogP contribution in [0.25, 0.3) is 10.8 Å². The number of pyridine rings is 1. The first-order valence-corrected chi connectivity index (χ1v) is 14.3. The molecule has 0 saturated carbocycles. The normalized spacial score (nSPS) is 20.8. The van der Waals surface area contributed by atoms with Crippen molar-refractivity contribution in [1.82, 2.24) is 30.1 Å². The number of aromatic hydroxyl groups is 1. The monoisotopic (exact) mass is 578 g/mol. The van der Waals surface area contributed by atoms with Crippen LogP contribution in [0.4, 0.5) is 4.79 Å². The zero-order valence-corrected chi connectivity index (χ0v) is 24.1. The summed E-state index contributed by atoms with van der Waals surface area (Å²) in [5, 5.41) is 18.0. The minimum absolute atomic E-state index is 0.0440. The van der Waals surface area contributed by atoms with E-state index < -0.39 is 18.2 Å². The average Bonchev–Trinajstić information content (AvgIpc) is 3.01. The van der Waals surface area contributed by atoms with E-state index in [2.05, 4.69) is 10.3 Å². The summed E-state index contributed by atoms with van der Waals surface area (Å²) in [7, 11) is 1.72. The number of hydrogen-bond donors (Lipinski definition) is 2. The molecule has 1 unspecified atom stereocenters. The summed E-state index contributed by atoms with van der Waals surface area (Å²) >= 11 is 0. The van der Waals surface area contributed by atoms with Crippen molar-refractivity contribution in [2.24, 2.45) is 0 Å². The number of urea groups is 1. The lowest BCUT2D eigenvalue weighted by Crippen LogP contribution is -2.78. The van der Waals surface area contributed by atoms with Gasteiger partial charge in [-0.15, -0.1) is 0 Å². The van der Waals surface area contributed by atoms with E-state index in [1.807, 2.05) is 61.5 Å². The number of carbonyl (C=O) groups excluding carboxylic acids is 3. The number of hydrogen-bond acceptors (Lipinski definition) is 6. The molecular weight excluding hydrogens is 544 g/mol. The van der Waals surface area contributed by atoms with Crippen LogP contribution < -0.4 is 5.32 Å². The molecule has 10 heteroatoms. The Bertz CT molecular complexity index is 1640. The summed E-state index contributed by atoms with van der Waals surface area (Å²) in [6.07, 6.45) is 3.03. The SMILES string of the molecule is C[C@H]1C2N(C(=O)CN(C)N2C(=O)NCc2ccccc2)[C@@H](Cc2ccc(O)cc2)C(=O)N1Cc1cccc2cnccc12. The Morgan fingerprint density at radius 3 is 2.51 bits per heavy atom. The van der Waals surface area contributed by atoms with Gasteiger partial charge in [-0.2, -0.15) is 0 Å². The highest BCUT2D eigenvalue weighted by Gasteiger charge is 2.54. The fraction of sp³-hybridized carbons (Fsp3) is 0.273. The van der Waals surface area contributed by atoms with Crippen LogP contribution in [0.1, 0.15) is 23.6 Å². The number of hydrazine groups is 1. The summed E-state index contributed by atoms with van der Waals surface area (Å²) in [5.74, 6) is -0.292. The van der Waals surface area contributed by atoms with E-state index in [0.29, 0.717) is 13.1 Å². The van der Waals surface area contributed by atoms with E-state index in [1.54, 1.807) is 63.5 Å². The zero-order valence-electron chi connectivity index (χ0n) is 24.1. The molecular formula is C33H34N6O4. The highest BCUT2D eigenvalue weighted by atomic mass is 16.3. The van der Waals surface area contributed by atoms with Crippen LogP contribution in [-0.4, -0.2) is 79.6 Å². The maximum absolute atomic E-state index is 14.4. The number of amides is 4. The Labute approximate surface area is 250 Å². The quantitative estimate of drug-likeness (QED) is 0.363. The smallest absolute Gasteiger partial charge is 0.334 e. The summed E-state index contributed by atoms with van der Waals surface area (Å²) < 4.78 is 0. The van der Waals surface area contributed by atoms with Gasteiger partial charge in [-0.25, -0.2) is 14.8 Å². The molecule has 0 bridgehead atoms. The zero-order chi connectivity index (χ0) is 30.1. The van der Waals surface area contributed by atoms with Gasteiger partial charge >= 0.3 is 6.03 Å². The van der Waals surface area contributed by atoms with Gasteiger partial charge in [0.2, 0.25) is 11.8 Å². The minimum Gasteiger partial charge on any atom is -0.508 e. The van der Waals surface area contributed by atoms with Crippen molar-refractivity contribution in [3.63, 3.8) is 0 Å². The molecule has 2 N–H and O–H groups in total. The van der Waals surface area contributed by atoms with Gasteiger partial charge < -0.3 is 20.2 Å². The summed E-state index contributed by atoms with van der Waals surface area (Å²) in [6, 6.07) is 22.4. The van der Waals surface area contributed by atoms with E-state index in [1.165, 1.54) is 0 Å². The van der Waals surface area contributed by atoms with Gasteiger partial charge in [-0.1, -0.05) is 60.7 Å². The molecule has 2 aliphatic heterocycles. The number of likely N-dealkylation sites (N-methyl/N-ethyl adjacent to an activating group) is 1. The Morgan fingerprint density at radius 1 is 0.977 bits per heavy atom. The van der Waals surface area contributed by atoms with Crippen molar-refractivity contribution in [2.45, 2.75) is 44.7 Å². The molecule has 0 radical (unpaired) electrons. The van der Waals surface area contributed by atoms with E-state index in [0.717, 1.165) is 27.5 Å². The van der Waals surface area contributed by atoms with Gasteiger partial charge in [0.15, 0.2) is 0 Å². The van der Waals surface area contributed by atoms with Crippen molar-refractivity contribution in [1.29, 1.82) is 0 Å². The largest absolute Gasteiger partial charge is 0.508 e. The molecule has 3 aromatic carbocycles. The van der Waals surface area contributed by atoms with Crippen LogP contribution in [0.3, 0.4) is 0 Å². The maximum Gasteiger partial charge on any atom is 0.334 e. The number of fused-ring (bicyclic) bond motifs is 2.